The fourth-order valence-corrected chi connectivity index (χ4v) is 2.60. The van der Waals surface area contributed by atoms with Crippen molar-refractivity contribution in [3.63, 3.8) is 0 Å². The van der Waals surface area contributed by atoms with Crippen molar-refractivity contribution in [3.8, 4) is 0 Å². The van der Waals surface area contributed by atoms with Crippen molar-refractivity contribution in [2.75, 3.05) is 7.05 Å². The van der Waals surface area contributed by atoms with Crippen LogP contribution in [0.25, 0.3) is 0 Å². The van der Waals surface area contributed by atoms with Gasteiger partial charge < -0.3 is 4.90 Å². The minimum absolute atomic E-state index is 0.0204. The lowest BCUT2D eigenvalue weighted by atomic mass is 9.94. The summed E-state index contributed by atoms with van der Waals surface area (Å²) < 4.78 is 13.5. The molecule has 1 aromatic rings. The summed E-state index contributed by atoms with van der Waals surface area (Å²) in [5.74, 6) is -0.269. The molecule has 0 atom stereocenters. The summed E-state index contributed by atoms with van der Waals surface area (Å²) in [7, 11) is 1.85. The molecule has 1 fully saturated rings. The Kier molecular flexibility index (Phi) is 4.34. The topological polar surface area (TPSA) is 20.3 Å². The zero-order valence-electron chi connectivity index (χ0n) is 10.9. The van der Waals surface area contributed by atoms with Gasteiger partial charge in [0, 0.05) is 13.1 Å². The van der Waals surface area contributed by atoms with Crippen LogP contribution in [0.2, 0.25) is 0 Å². The van der Waals surface area contributed by atoms with E-state index in [9.17, 15) is 9.18 Å². The van der Waals surface area contributed by atoms with E-state index in [0.717, 1.165) is 12.8 Å². The normalized spacial score (nSPS) is 16.6. The van der Waals surface area contributed by atoms with Crippen molar-refractivity contribution in [1.82, 2.24) is 4.90 Å². The first-order valence-electron chi connectivity index (χ1n) is 6.67. The SMILES string of the molecule is CN(C(=O)Cc1ccccc1F)C1CCCCC1. The number of amides is 1. The summed E-state index contributed by atoms with van der Waals surface area (Å²) in [5, 5.41) is 0. The maximum atomic E-state index is 13.5. The lowest BCUT2D eigenvalue weighted by Crippen LogP contribution is -2.39. The predicted molar refractivity (Wildman–Crippen MR) is 69.7 cm³/mol. The van der Waals surface area contributed by atoms with Gasteiger partial charge in [-0.25, -0.2) is 4.39 Å². The summed E-state index contributed by atoms with van der Waals surface area (Å²) in [6.07, 6.45) is 5.99. The third-order valence-electron chi connectivity index (χ3n) is 3.82. The zero-order valence-corrected chi connectivity index (χ0v) is 10.9. The summed E-state index contributed by atoms with van der Waals surface area (Å²) in [5.41, 5.74) is 0.491. The molecule has 1 aromatic carbocycles. The molecule has 0 unspecified atom stereocenters. The van der Waals surface area contributed by atoms with Crippen LogP contribution in [0.1, 0.15) is 37.7 Å². The number of halogens is 1. The largest absolute Gasteiger partial charge is 0.342 e. The zero-order chi connectivity index (χ0) is 13.0. The molecule has 0 bridgehead atoms. The van der Waals surface area contributed by atoms with Crippen molar-refractivity contribution in [2.45, 2.75) is 44.6 Å². The third-order valence-corrected chi connectivity index (χ3v) is 3.82. The van der Waals surface area contributed by atoms with Gasteiger partial charge in [0.15, 0.2) is 0 Å². The average molecular weight is 249 g/mol. The van der Waals surface area contributed by atoms with E-state index in [1.165, 1.54) is 25.3 Å². The Bertz CT molecular complexity index is 413. The van der Waals surface area contributed by atoms with Gasteiger partial charge in [-0.15, -0.1) is 0 Å². The highest BCUT2D eigenvalue weighted by atomic mass is 19.1. The van der Waals surface area contributed by atoms with Gasteiger partial charge in [-0.2, -0.15) is 0 Å². The van der Waals surface area contributed by atoms with E-state index < -0.39 is 0 Å². The van der Waals surface area contributed by atoms with Crippen LogP contribution in [0.3, 0.4) is 0 Å². The van der Waals surface area contributed by atoms with Gasteiger partial charge in [0.1, 0.15) is 5.82 Å². The molecule has 3 heteroatoms. The first kappa shape index (κ1) is 13.1. The number of likely N-dealkylation sites (N-methyl/N-ethyl adjacent to an activating group) is 1. The van der Waals surface area contributed by atoms with Crippen molar-refractivity contribution >= 4 is 5.91 Å². The van der Waals surface area contributed by atoms with Crippen LogP contribution in [0, 0.1) is 5.82 Å². The van der Waals surface area contributed by atoms with Gasteiger partial charge >= 0.3 is 0 Å². The summed E-state index contributed by atoms with van der Waals surface area (Å²) in [6, 6.07) is 6.85. The summed E-state index contributed by atoms with van der Waals surface area (Å²) in [4.78, 5) is 13.9. The Balaban J connectivity index is 1.97. The predicted octanol–water partition coefficient (Wildman–Crippen LogP) is 3.16. The lowest BCUT2D eigenvalue weighted by molar-refractivity contribution is -0.131. The molecule has 0 saturated heterocycles. The Morgan fingerprint density at radius 3 is 2.61 bits per heavy atom. The molecular weight excluding hydrogens is 229 g/mol. The molecular formula is C15H20FNO. The Morgan fingerprint density at radius 1 is 1.28 bits per heavy atom. The van der Waals surface area contributed by atoms with Gasteiger partial charge in [-0.1, -0.05) is 37.5 Å². The van der Waals surface area contributed by atoms with E-state index >= 15 is 0 Å². The number of carbonyl (C=O) groups excluding carboxylic acids is 1. The first-order valence-corrected chi connectivity index (χ1v) is 6.67. The molecule has 0 spiro atoms. The highest BCUT2D eigenvalue weighted by molar-refractivity contribution is 5.78. The first-order chi connectivity index (χ1) is 8.68. The van der Waals surface area contributed by atoms with E-state index in [1.807, 2.05) is 11.9 Å². The maximum absolute atomic E-state index is 13.5. The van der Waals surface area contributed by atoms with Gasteiger partial charge in [-0.3, -0.25) is 4.79 Å². The molecule has 2 rings (SSSR count). The van der Waals surface area contributed by atoms with Crippen LogP contribution in [-0.4, -0.2) is 23.9 Å². The number of hydrogen-bond acceptors (Lipinski definition) is 1. The van der Waals surface area contributed by atoms with Crippen LogP contribution in [0.4, 0.5) is 4.39 Å². The van der Waals surface area contributed by atoms with E-state index in [-0.39, 0.29) is 18.1 Å². The van der Waals surface area contributed by atoms with Gasteiger partial charge in [-0.05, 0) is 24.5 Å². The van der Waals surface area contributed by atoms with E-state index in [1.54, 1.807) is 18.2 Å². The smallest absolute Gasteiger partial charge is 0.227 e. The van der Waals surface area contributed by atoms with E-state index in [4.69, 9.17) is 0 Å². The summed E-state index contributed by atoms with van der Waals surface area (Å²) >= 11 is 0. The standard InChI is InChI=1S/C15H20FNO/c1-17(13-8-3-2-4-9-13)15(18)11-12-7-5-6-10-14(12)16/h5-7,10,13H,2-4,8-9,11H2,1H3. The molecule has 1 amide bonds. The second-order valence-electron chi connectivity index (χ2n) is 5.06. The van der Waals surface area contributed by atoms with Crippen LogP contribution >= 0.6 is 0 Å². The van der Waals surface area contributed by atoms with Crippen LogP contribution in [0.5, 0.6) is 0 Å². The van der Waals surface area contributed by atoms with Crippen LogP contribution in [0.15, 0.2) is 24.3 Å². The van der Waals surface area contributed by atoms with Gasteiger partial charge in [0.25, 0.3) is 0 Å². The number of carbonyl (C=O) groups is 1. The van der Waals surface area contributed by atoms with Crippen LogP contribution < -0.4 is 0 Å². The molecule has 0 aromatic heterocycles. The molecule has 1 aliphatic rings. The summed E-state index contributed by atoms with van der Waals surface area (Å²) in [6.45, 7) is 0. The second-order valence-corrected chi connectivity index (χ2v) is 5.06. The molecule has 2 nitrogen and oxygen atoms in total. The van der Waals surface area contributed by atoms with Crippen LogP contribution in [-0.2, 0) is 11.2 Å². The molecule has 1 aliphatic carbocycles. The Labute approximate surface area is 108 Å². The van der Waals surface area contributed by atoms with Crippen molar-refractivity contribution < 1.29 is 9.18 Å². The quantitative estimate of drug-likeness (QED) is 0.805. The van der Waals surface area contributed by atoms with E-state index in [0.29, 0.717) is 11.6 Å². The van der Waals surface area contributed by atoms with Gasteiger partial charge in [0.2, 0.25) is 5.91 Å². The van der Waals surface area contributed by atoms with Crippen molar-refractivity contribution in [1.29, 1.82) is 0 Å². The fourth-order valence-electron chi connectivity index (χ4n) is 2.60. The molecule has 1 saturated carbocycles. The number of nitrogens with zero attached hydrogens (tertiary/aromatic N) is 1. The molecule has 18 heavy (non-hydrogen) atoms. The minimum atomic E-state index is -0.289. The van der Waals surface area contributed by atoms with Crippen molar-refractivity contribution in [2.24, 2.45) is 0 Å². The minimum Gasteiger partial charge on any atom is -0.342 e. The molecule has 0 radical (unpaired) electrons. The number of rotatable bonds is 3. The Hall–Kier alpha value is -1.38. The average Bonchev–Trinajstić information content (AvgIpc) is 2.41. The number of benzene rings is 1. The maximum Gasteiger partial charge on any atom is 0.227 e. The highest BCUT2D eigenvalue weighted by Gasteiger charge is 2.22. The second kappa shape index (κ2) is 5.98. The Morgan fingerprint density at radius 2 is 1.94 bits per heavy atom. The van der Waals surface area contributed by atoms with Crippen molar-refractivity contribution in [3.05, 3.63) is 35.6 Å². The van der Waals surface area contributed by atoms with Gasteiger partial charge in [0.05, 0.1) is 6.42 Å². The molecule has 98 valence electrons. The molecule has 0 N–H and O–H groups in total. The van der Waals surface area contributed by atoms with E-state index in [2.05, 4.69) is 0 Å². The fraction of sp³-hybridized carbons (Fsp3) is 0.533. The highest BCUT2D eigenvalue weighted by Crippen LogP contribution is 2.22. The third kappa shape index (κ3) is 3.09. The molecule has 0 heterocycles. The molecule has 0 aliphatic heterocycles. The lowest BCUT2D eigenvalue weighted by Gasteiger charge is -2.31. The monoisotopic (exact) mass is 249 g/mol. The number of hydrogen-bond donors (Lipinski definition) is 0.